The molecule has 0 bridgehead atoms. The first-order chi connectivity index (χ1) is 8.11. The van der Waals surface area contributed by atoms with Crippen molar-refractivity contribution in [2.45, 2.75) is 32.5 Å². The normalized spacial score (nSPS) is 11.9. The van der Waals surface area contributed by atoms with Gasteiger partial charge in [0.25, 0.3) is 0 Å². The number of carbonyl (C=O) groups excluding carboxylic acids is 1. The zero-order valence-corrected chi connectivity index (χ0v) is 11.2. The highest BCUT2D eigenvalue weighted by Gasteiger charge is 2.28. The second kappa shape index (κ2) is 7.52. The maximum Gasteiger partial charge on any atom is 0.405 e. The van der Waals surface area contributed by atoms with Crippen LogP contribution in [-0.4, -0.2) is 47.6 Å². The van der Waals surface area contributed by atoms with Crippen LogP contribution in [0.5, 0.6) is 0 Å². The first-order valence-corrected chi connectivity index (χ1v) is 5.88. The number of nitrogens with one attached hydrogen (secondary N) is 1. The van der Waals surface area contributed by atoms with Gasteiger partial charge in [-0.1, -0.05) is 12.2 Å². The van der Waals surface area contributed by atoms with Crippen LogP contribution in [0.15, 0.2) is 0 Å². The van der Waals surface area contributed by atoms with Crippen LogP contribution in [0.25, 0.3) is 0 Å². The SMILES string of the molecule is CC(C)N(CCC(N)=S)CC(=O)NCC(F)(F)F. The number of carbonyl (C=O) groups is 1. The average molecular weight is 285 g/mol. The maximum atomic E-state index is 11.9. The molecule has 4 nitrogen and oxygen atoms in total. The number of alkyl halides is 3. The Hall–Kier alpha value is -0.890. The molecule has 0 spiro atoms. The number of thiocarbonyl (C=S) groups is 1. The lowest BCUT2D eigenvalue weighted by molar-refractivity contribution is -0.139. The van der Waals surface area contributed by atoms with Crippen LogP contribution < -0.4 is 11.1 Å². The number of halogens is 3. The Morgan fingerprint density at radius 3 is 2.39 bits per heavy atom. The van der Waals surface area contributed by atoms with Crippen molar-refractivity contribution in [2.24, 2.45) is 5.73 Å². The molecule has 0 aliphatic rings. The van der Waals surface area contributed by atoms with E-state index in [1.807, 2.05) is 19.2 Å². The van der Waals surface area contributed by atoms with Gasteiger partial charge in [-0.3, -0.25) is 9.69 Å². The second-order valence-electron chi connectivity index (χ2n) is 4.17. The zero-order chi connectivity index (χ0) is 14.3. The minimum Gasteiger partial charge on any atom is -0.393 e. The summed E-state index contributed by atoms with van der Waals surface area (Å²) in [4.78, 5) is 13.4. The quantitative estimate of drug-likeness (QED) is 0.687. The first kappa shape index (κ1) is 17.1. The van der Waals surface area contributed by atoms with Crippen molar-refractivity contribution in [2.75, 3.05) is 19.6 Å². The molecule has 0 saturated heterocycles. The van der Waals surface area contributed by atoms with Crippen molar-refractivity contribution in [3.05, 3.63) is 0 Å². The van der Waals surface area contributed by atoms with E-state index in [-0.39, 0.29) is 12.6 Å². The molecule has 8 heteroatoms. The molecule has 0 aliphatic carbocycles. The standard InChI is InChI=1S/C10H18F3N3OS/c1-7(2)16(4-3-8(14)18)5-9(17)15-6-10(11,12)13/h7H,3-6H2,1-2H3,(H2,14,18)(H,15,17). The summed E-state index contributed by atoms with van der Waals surface area (Å²) >= 11 is 4.72. The Morgan fingerprint density at radius 1 is 1.44 bits per heavy atom. The summed E-state index contributed by atoms with van der Waals surface area (Å²) in [6.45, 7) is 2.73. The van der Waals surface area contributed by atoms with E-state index in [0.29, 0.717) is 18.0 Å². The van der Waals surface area contributed by atoms with Gasteiger partial charge in [-0.05, 0) is 13.8 Å². The molecular weight excluding hydrogens is 267 g/mol. The molecule has 0 fully saturated rings. The number of amides is 1. The van der Waals surface area contributed by atoms with E-state index in [1.165, 1.54) is 0 Å². The fourth-order valence-electron chi connectivity index (χ4n) is 1.21. The fraction of sp³-hybridized carbons (Fsp3) is 0.800. The molecule has 0 aromatic heterocycles. The third-order valence-electron chi connectivity index (χ3n) is 2.21. The predicted molar refractivity (Wildman–Crippen MR) is 67.2 cm³/mol. The van der Waals surface area contributed by atoms with Crippen LogP contribution in [0.4, 0.5) is 13.2 Å². The molecule has 0 aromatic carbocycles. The topological polar surface area (TPSA) is 58.4 Å². The van der Waals surface area contributed by atoms with E-state index in [9.17, 15) is 18.0 Å². The maximum absolute atomic E-state index is 11.9. The first-order valence-electron chi connectivity index (χ1n) is 5.47. The average Bonchev–Trinajstić information content (AvgIpc) is 2.19. The van der Waals surface area contributed by atoms with Gasteiger partial charge in [-0.25, -0.2) is 0 Å². The number of nitrogens with two attached hydrogens (primary N) is 1. The van der Waals surface area contributed by atoms with Gasteiger partial charge in [0, 0.05) is 19.0 Å². The number of hydrogen-bond acceptors (Lipinski definition) is 3. The largest absolute Gasteiger partial charge is 0.405 e. The number of rotatable bonds is 7. The molecule has 0 heterocycles. The molecule has 0 unspecified atom stereocenters. The molecule has 0 saturated carbocycles. The van der Waals surface area contributed by atoms with Gasteiger partial charge in [-0.2, -0.15) is 13.2 Å². The van der Waals surface area contributed by atoms with Gasteiger partial charge in [-0.15, -0.1) is 0 Å². The highest BCUT2D eigenvalue weighted by molar-refractivity contribution is 7.80. The van der Waals surface area contributed by atoms with E-state index in [1.54, 1.807) is 4.90 Å². The van der Waals surface area contributed by atoms with E-state index in [4.69, 9.17) is 18.0 Å². The lowest BCUT2D eigenvalue weighted by Gasteiger charge is -2.25. The summed E-state index contributed by atoms with van der Waals surface area (Å²) in [6.07, 6.45) is -3.96. The van der Waals surface area contributed by atoms with E-state index in [2.05, 4.69) is 0 Å². The Morgan fingerprint density at radius 2 is 2.00 bits per heavy atom. The van der Waals surface area contributed by atoms with E-state index in [0.717, 1.165) is 0 Å². The van der Waals surface area contributed by atoms with Gasteiger partial charge < -0.3 is 11.1 Å². The summed E-state index contributed by atoms with van der Waals surface area (Å²) in [6, 6.07) is 0.0241. The van der Waals surface area contributed by atoms with E-state index < -0.39 is 18.6 Å². The molecule has 3 N–H and O–H groups in total. The third kappa shape index (κ3) is 9.17. The Balaban J connectivity index is 4.16. The van der Waals surface area contributed by atoms with Crippen molar-refractivity contribution < 1.29 is 18.0 Å². The Kier molecular flexibility index (Phi) is 7.15. The third-order valence-corrected chi connectivity index (χ3v) is 2.41. The Bertz CT molecular complexity index is 295. The van der Waals surface area contributed by atoms with Crippen LogP contribution in [0, 0.1) is 0 Å². The molecule has 0 aromatic rings. The number of hydrogen-bond donors (Lipinski definition) is 2. The van der Waals surface area contributed by atoms with Crippen LogP contribution in [-0.2, 0) is 4.79 Å². The molecular formula is C10H18F3N3OS. The fourth-order valence-corrected chi connectivity index (χ4v) is 1.30. The lowest BCUT2D eigenvalue weighted by Crippen LogP contribution is -2.44. The van der Waals surface area contributed by atoms with Crippen molar-refractivity contribution in [3.8, 4) is 0 Å². The molecule has 106 valence electrons. The second-order valence-corrected chi connectivity index (χ2v) is 4.70. The number of nitrogens with zero attached hydrogens (tertiary/aromatic N) is 1. The van der Waals surface area contributed by atoms with Gasteiger partial charge in [0.05, 0.1) is 11.5 Å². The molecule has 0 atom stereocenters. The monoisotopic (exact) mass is 285 g/mol. The minimum absolute atomic E-state index is 0.0241. The van der Waals surface area contributed by atoms with Crippen molar-refractivity contribution in [3.63, 3.8) is 0 Å². The van der Waals surface area contributed by atoms with Gasteiger partial charge in [0.2, 0.25) is 5.91 Å². The predicted octanol–water partition coefficient (Wildman–Crippen LogP) is 1.05. The summed E-state index contributed by atoms with van der Waals surface area (Å²) < 4.78 is 35.7. The molecule has 18 heavy (non-hydrogen) atoms. The van der Waals surface area contributed by atoms with Gasteiger partial charge in [0.1, 0.15) is 6.54 Å². The van der Waals surface area contributed by atoms with Crippen LogP contribution in [0.2, 0.25) is 0 Å². The summed E-state index contributed by atoms with van der Waals surface area (Å²) in [5, 5.41) is 1.83. The smallest absolute Gasteiger partial charge is 0.393 e. The van der Waals surface area contributed by atoms with E-state index >= 15 is 0 Å². The highest BCUT2D eigenvalue weighted by atomic mass is 32.1. The summed E-state index contributed by atoms with van der Waals surface area (Å²) in [5.74, 6) is -0.663. The van der Waals surface area contributed by atoms with Crippen LogP contribution >= 0.6 is 12.2 Å². The minimum atomic E-state index is -4.39. The lowest BCUT2D eigenvalue weighted by atomic mass is 10.2. The molecule has 1 amide bonds. The highest BCUT2D eigenvalue weighted by Crippen LogP contribution is 2.12. The zero-order valence-electron chi connectivity index (χ0n) is 10.4. The van der Waals surface area contributed by atoms with Crippen molar-refractivity contribution in [1.29, 1.82) is 0 Å². The summed E-state index contributed by atoms with van der Waals surface area (Å²) in [5.41, 5.74) is 5.34. The van der Waals surface area contributed by atoms with Gasteiger partial charge in [0.15, 0.2) is 0 Å². The van der Waals surface area contributed by atoms with Crippen molar-refractivity contribution >= 4 is 23.1 Å². The van der Waals surface area contributed by atoms with Crippen LogP contribution in [0.1, 0.15) is 20.3 Å². The molecule has 0 radical (unpaired) electrons. The summed E-state index contributed by atoms with van der Waals surface area (Å²) in [7, 11) is 0. The molecule has 0 aliphatic heterocycles. The van der Waals surface area contributed by atoms with Crippen LogP contribution in [0.3, 0.4) is 0 Å². The Labute approximate surface area is 110 Å². The van der Waals surface area contributed by atoms with Crippen molar-refractivity contribution in [1.82, 2.24) is 10.2 Å². The van der Waals surface area contributed by atoms with Gasteiger partial charge >= 0.3 is 6.18 Å². The molecule has 0 rings (SSSR count).